The maximum atomic E-state index is 6.25. The van der Waals surface area contributed by atoms with E-state index in [1.165, 1.54) is 0 Å². The number of allylic oxidation sites excluding steroid dienone is 4. The number of hydrogen-bond acceptors (Lipinski definition) is 6. The molecule has 44 heavy (non-hydrogen) atoms. The van der Waals surface area contributed by atoms with Crippen molar-refractivity contribution in [1.82, 2.24) is 0 Å². The van der Waals surface area contributed by atoms with Gasteiger partial charge in [-0.3, -0.25) is 0 Å². The predicted octanol–water partition coefficient (Wildman–Crippen LogP) is 9.74. The Morgan fingerprint density at radius 2 is 0.977 bits per heavy atom. The summed E-state index contributed by atoms with van der Waals surface area (Å²) in [5.74, 6) is 3.23. The second-order valence-electron chi connectivity index (χ2n) is 10.4. The summed E-state index contributed by atoms with van der Waals surface area (Å²) < 4.78 is 24.6. The fourth-order valence-corrected chi connectivity index (χ4v) is 4.62. The Bertz CT molecular complexity index is 1280. The Kier molecular flexibility index (Phi) is 16.0. The van der Waals surface area contributed by atoms with Crippen molar-refractivity contribution in [3.63, 3.8) is 0 Å². The monoisotopic (exact) mass is 598 g/mol. The van der Waals surface area contributed by atoms with Crippen molar-refractivity contribution >= 4 is 22.1 Å². The van der Waals surface area contributed by atoms with Crippen LogP contribution in [0.1, 0.15) is 51.4 Å². The first-order valence-electron chi connectivity index (χ1n) is 15.8. The minimum atomic E-state index is 0.611. The van der Waals surface area contributed by atoms with E-state index in [4.69, 9.17) is 18.9 Å². The van der Waals surface area contributed by atoms with E-state index < -0.39 is 0 Å². The third-order valence-electron chi connectivity index (χ3n) is 6.92. The first-order chi connectivity index (χ1) is 21.7. The van der Waals surface area contributed by atoms with E-state index in [-0.39, 0.29) is 0 Å². The number of hydrogen-bond donors (Lipinski definition) is 2. The molecule has 0 unspecified atom stereocenters. The molecule has 0 fully saturated rings. The standard InChI is InChI=1S/C38H50N2O4/c1-5-9-13-26-41-32-22-20-31-21-23-36(44-29-16-12-8-4)37(33(31)30-32)39-24-25-40-38-34(42-27-14-10-6-2)18-17-19-35(38)43-28-15-11-7-3/h5-8,17-23,30,39-40H,1-4,9-16,24-29H2. The number of rotatable bonds is 25. The fourth-order valence-electron chi connectivity index (χ4n) is 4.62. The smallest absolute Gasteiger partial charge is 0.146 e. The third-order valence-corrected chi connectivity index (χ3v) is 6.92. The van der Waals surface area contributed by atoms with Crippen molar-refractivity contribution in [2.45, 2.75) is 51.4 Å². The van der Waals surface area contributed by atoms with E-state index in [9.17, 15) is 0 Å². The minimum Gasteiger partial charge on any atom is -0.494 e. The number of nitrogens with one attached hydrogen (secondary N) is 2. The van der Waals surface area contributed by atoms with E-state index in [0.29, 0.717) is 39.5 Å². The molecule has 0 atom stereocenters. The van der Waals surface area contributed by atoms with Gasteiger partial charge in [-0.1, -0.05) is 42.5 Å². The van der Waals surface area contributed by atoms with E-state index in [1.54, 1.807) is 0 Å². The van der Waals surface area contributed by atoms with Crippen LogP contribution in [0, 0.1) is 0 Å². The largest absolute Gasteiger partial charge is 0.494 e. The van der Waals surface area contributed by atoms with Gasteiger partial charge in [0, 0.05) is 18.5 Å². The minimum absolute atomic E-state index is 0.611. The van der Waals surface area contributed by atoms with Gasteiger partial charge < -0.3 is 29.6 Å². The van der Waals surface area contributed by atoms with Crippen LogP contribution in [0.5, 0.6) is 23.0 Å². The molecule has 0 saturated carbocycles. The highest BCUT2D eigenvalue weighted by atomic mass is 16.5. The summed E-state index contributed by atoms with van der Waals surface area (Å²) in [6.07, 6.45) is 15.0. The SMILES string of the molecule is C=CCCCOc1ccc2ccc(OCCCC=C)c(NCCNc3c(OCCCC=C)cccc3OCCCC=C)c2c1. The highest BCUT2D eigenvalue weighted by Gasteiger charge is 2.13. The molecule has 3 aromatic carbocycles. The van der Waals surface area contributed by atoms with Crippen LogP contribution >= 0.6 is 0 Å². The number of ether oxygens (including phenoxy) is 4. The molecule has 0 radical (unpaired) electrons. The zero-order valence-corrected chi connectivity index (χ0v) is 26.3. The lowest BCUT2D eigenvalue weighted by molar-refractivity contribution is 0.299. The average molecular weight is 599 g/mol. The number of unbranched alkanes of at least 4 members (excludes halogenated alkanes) is 4. The van der Waals surface area contributed by atoms with Crippen LogP contribution in [0.2, 0.25) is 0 Å². The predicted molar refractivity (Wildman–Crippen MR) is 187 cm³/mol. The first-order valence-corrected chi connectivity index (χ1v) is 15.8. The Morgan fingerprint density at radius 3 is 1.50 bits per heavy atom. The van der Waals surface area contributed by atoms with Gasteiger partial charge in [-0.15, -0.1) is 26.3 Å². The van der Waals surface area contributed by atoms with Gasteiger partial charge in [0.15, 0.2) is 0 Å². The summed E-state index contributed by atoms with van der Waals surface area (Å²) in [6.45, 7) is 19.0. The van der Waals surface area contributed by atoms with Crippen molar-refractivity contribution in [3.05, 3.63) is 99.2 Å². The summed E-state index contributed by atoms with van der Waals surface area (Å²) in [7, 11) is 0. The van der Waals surface area contributed by atoms with Crippen LogP contribution in [0.25, 0.3) is 10.8 Å². The molecule has 0 bridgehead atoms. The number of fused-ring (bicyclic) bond motifs is 1. The van der Waals surface area contributed by atoms with Crippen molar-refractivity contribution in [1.29, 1.82) is 0 Å². The zero-order valence-electron chi connectivity index (χ0n) is 26.3. The lowest BCUT2D eigenvalue weighted by Crippen LogP contribution is -2.16. The highest BCUT2D eigenvalue weighted by Crippen LogP contribution is 2.37. The summed E-state index contributed by atoms with van der Waals surface area (Å²) in [4.78, 5) is 0. The molecule has 0 aliphatic heterocycles. The molecule has 0 spiro atoms. The van der Waals surface area contributed by atoms with E-state index in [0.717, 1.165) is 96.5 Å². The van der Waals surface area contributed by atoms with E-state index in [2.05, 4.69) is 55.1 Å². The van der Waals surface area contributed by atoms with E-state index >= 15 is 0 Å². The quantitative estimate of drug-likeness (QED) is 0.0748. The van der Waals surface area contributed by atoms with Crippen molar-refractivity contribution in [2.75, 3.05) is 50.2 Å². The van der Waals surface area contributed by atoms with Crippen molar-refractivity contribution in [2.24, 2.45) is 0 Å². The van der Waals surface area contributed by atoms with Crippen LogP contribution in [-0.2, 0) is 0 Å². The van der Waals surface area contributed by atoms with Gasteiger partial charge >= 0.3 is 0 Å². The zero-order chi connectivity index (χ0) is 31.2. The van der Waals surface area contributed by atoms with Crippen LogP contribution in [-0.4, -0.2) is 39.5 Å². The topological polar surface area (TPSA) is 61.0 Å². The Hall–Kier alpha value is -4.32. The number of benzene rings is 3. The average Bonchev–Trinajstić information content (AvgIpc) is 3.04. The van der Waals surface area contributed by atoms with Gasteiger partial charge in [-0.2, -0.15) is 0 Å². The molecular formula is C38H50N2O4. The van der Waals surface area contributed by atoms with E-state index in [1.807, 2.05) is 54.6 Å². The molecule has 3 rings (SSSR count). The molecule has 0 aliphatic carbocycles. The number of anilines is 2. The van der Waals surface area contributed by atoms with Gasteiger partial charge in [0.25, 0.3) is 0 Å². The van der Waals surface area contributed by atoms with Gasteiger partial charge in [0.1, 0.15) is 28.7 Å². The molecule has 236 valence electrons. The molecule has 0 saturated heterocycles. The summed E-state index contributed by atoms with van der Waals surface area (Å²) >= 11 is 0. The lowest BCUT2D eigenvalue weighted by atomic mass is 10.1. The van der Waals surface area contributed by atoms with Crippen molar-refractivity contribution < 1.29 is 18.9 Å². The third kappa shape index (κ3) is 11.4. The molecule has 0 aromatic heterocycles. The van der Waals surface area contributed by atoms with Crippen molar-refractivity contribution in [3.8, 4) is 23.0 Å². The molecule has 6 nitrogen and oxygen atoms in total. The lowest BCUT2D eigenvalue weighted by Gasteiger charge is -2.19. The fraction of sp³-hybridized carbons (Fsp3) is 0.368. The van der Waals surface area contributed by atoms with Crippen LogP contribution in [0.3, 0.4) is 0 Å². The summed E-state index contributed by atoms with van der Waals surface area (Å²) in [5.41, 5.74) is 1.81. The molecule has 3 aromatic rings. The second kappa shape index (κ2) is 20.6. The Balaban J connectivity index is 1.77. The van der Waals surface area contributed by atoms with Crippen LogP contribution in [0.4, 0.5) is 11.4 Å². The molecule has 0 heterocycles. The Labute approximate surface area is 264 Å². The van der Waals surface area contributed by atoms with Gasteiger partial charge in [0.2, 0.25) is 0 Å². The summed E-state index contributed by atoms with van der Waals surface area (Å²) in [6, 6.07) is 16.3. The first kappa shape index (κ1) is 34.2. The summed E-state index contributed by atoms with van der Waals surface area (Å²) in [5, 5.41) is 9.40. The molecule has 6 heteroatoms. The van der Waals surface area contributed by atoms with Gasteiger partial charge in [0.05, 0.1) is 32.1 Å². The highest BCUT2D eigenvalue weighted by molar-refractivity contribution is 5.98. The maximum Gasteiger partial charge on any atom is 0.146 e. The maximum absolute atomic E-state index is 6.25. The second-order valence-corrected chi connectivity index (χ2v) is 10.4. The molecule has 0 aliphatic rings. The number of para-hydroxylation sites is 1. The Morgan fingerprint density at radius 1 is 0.523 bits per heavy atom. The van der Waals surface area contributed by atoms with Crippen LogP contribution in [0.15, 0.2) is 99.2 Å². The van der Waals surface area contributed by atoms with Gasteiger partial charge in [-0.25, -0.2) is 0 Å². The molecular weight excluding hydrogens is 548 g/mol. The molecule has 2 N–H and O–H groups in total. The van der Waals surface area contributed by atoms with Gasteiger partial charge in [-0.05, 0) is 87.1 Å². The van der Waals surface area contributed by atoms with Crippen LogP contribution < -0.4 is 29.6 Å². The molecule has 0 amide bonds. The normalized spacial score (nSPS) is 10.5.